The Morgan fingerprint density at radius 3 is 2.74 bits per heavy atom. The number of pyridine rings is 1. The maximum Gasteiger partial charge on any atom is 0.251 e. The summed E-state index contributed by atoms with van der Waals surface area (Å²) in [5.74, 6) is -0.358. The van der Waals surface area contributed by atoms with Gasteiger partial charge in [0.25, 0.3) is 5.91 Å². The van der Waals surface area contributed by atoms with Gasteiger partial charge in [-0.1, -0.05) is 23.7 Å². The van der Waals surface area contributed by atoms with Crippen LogP contribution in [0, 0.1) is 5.82 Å². The molecule has 1 amide bonds. The number of alkyl halides is 1. The van der Waals surface area contributed by atoms with E-state index in [1.807, 2.05) is 12.1 Å². The third-order valence-corrected chi connectivity index (χ3v) is 7.07. The third kappa shape index (κ3) is 5.24. The number of hydrogen-bond donors (Lipinski definition) is 3. The Hall–Kier alpha value is -2.81. The Labute approximate surface area is 207 Å². The van der Waals surface area contributed by atoms with E-state index in [9.17, 15) is 9.18 Å². The quantitative estimate of drug-likeness (QED) is 0.454. The van der Waals surface area contributed by atoms with E-state index in [4.69, 9.17) is 16.3 Å². The van der Waals surface area contributed by atoms with E-state index >= 15 is 4.39 Å². The maximum atomic E-state index is 15.8. The fraction of sp³-hybridized carbons (Fsp3) is 0.385. The minimum absolute atomic E-state index is 0.0513. The van der Waals surface area contributed by atoms with Crippen LogP contribution < -0.4 is 16.0 Å². The van der Waals surface area contributed by atoms with Crippen molar-refractivity contribution >= 4 is 34.1 Å². The van der Waals surface area contributed by atoms with Gasteiger partial charge in [0.2, 0.25) is 0 Å². The van der Waals surface area contributed by atoms with E-state index in [-0.39, 0.29) is 18.0 Å². The minimum atomic E-state index is -1.75. The highest BCUT2D eigenvalue weighted by Crippen LogP contribution is 2.36. The van der Waals surface area contributed by atoms with Crippen LogP contribution >= 0.6 is 11.6 Å². The molecule has 0 spiro atoms. The van der Waals surface area contributed by atoms with Crippen molar-refractivity contribution in [1.82, 2.24) is 15.6 Å². The number of benzene rings is 2. The fourth-order valence-corrected chi connectivity index (χ4v) is 4.87. The summed E-state index contributed by atoms with van der Waals surface area (Å²) in [6.07, 6.45) is 3.79. The molecule has 9 heteroatoms. The van der Waals surface area contributed by atoms with Crippen molar-refractivity contribution in [2.24, 2.45) is 0 Å². The molecule has 6 nitrogen and oxygen atoms in total. The normalized spacial score (nSPS) is 21.7. The highest BCUT2D eigenvalue weighted by Gasteiger charge is 2.44. The molecule has 2 fully saturated rings. The largest absolute Gasteiger partial charge is 0.381 e. The zero-order valence-corrected chi connectivity index (χ0v) is 19.9. The predicted molar refractivity (Wildman–Crippen MR) is 132 cm³/mol. The smallest absolute Gasteiger partial charge is 0.251 e. The highest BCUT2D eigenvalue weighted by atomic mass is 35.5. The molecule has 5 rings (SSSR count). The molecule has 3 heterocycles. The lowest BCUT2D eigenvalue weighted by Gasteiger charge is -2.31. The van der Waals surface area contributed by atoms with Crippen LogP contribution in [-0.4, -0.2) is 48.9 Å². The second-order valence-corrected chi connectivity index (χ2v) is 9.61. The van der Waals surface area contributed by atoms with E-state index in [0.717, 1.165) is 42.6 Å². The van der Waals surface area contributed by atoms with E-state index in [1.165, 1.54) is 12.1 Å². The molecule has 2 aliphatic heterocycles. The van der Waals surface area contributed by atoms with Crippen molar-refractivity contribution in [2.45, 2.75) is 37.0 Å². The highest BCUT2D eigenvalue weighted by molar-refractivity contribution is 6.30. The van der Waals surface area contributed by atoms with Gasteiger partial charge in [0.1, 0.15) is 17.3 Å². The van der Waals surface area contributed by atoms with E-state index in [1.54, 1.807) is 24.4 Å². The summed E-state index contributed by atoms with van der Waals surface area (Å²) in [7, 11) is 0. The van der Waals surface area contributed by atoms with Crippen molar-refractivity contribution in [3.63, 3.8) is 0 Å². The number of ether oxygens (including phenoxy) is 1. The van der Waals surface area contributed by atoms with Gasteiger partial charge in [-0.2, -0.15) is 0 Å². The van der Waals surface area contributed by atoms with Gasteiger partial charge in [-0.3, -0.25) is 4.79 Å². The molecular weight excluding hydrogens is 474 g/mol. The number of anilines is 1. The van der Waals surface area contributed by atoms with Crippen LogP contribution in [0.15, 0.2) is 48.7 Å². The lowest BCUT2D eigenvalue weighted by Crippen LogP contribution is -2.44. The van der Waals surface area contributed by atoms with Crippen molar-refractivity contribution < 1.29 is 18.3 Å². The Balaban J connectivity index is 1.40. The number of hydrogen-bond acceptors (Lipinski definition) is 5. The topological polar surface area (TPSA) is 75.3 Å². The molecule has 0 radical (unpaired) electrons. The number of nitrogens with zero attached hydrogens (tertiary/aromatic N) is 1. The van der Waals surface area contributed by atoms with E-state index in [2.05, 4.69) is 20.9 Å². The summed E-state index contributed by atoms with van der Waals surface area (Å²) >= 11 is 5.83. The Morgan fingerprint density at radius 2 is 2.00 bits per heavy atom. The second-order valence-electron chi connectivity index (χ2n) is 9.20. The van der Waals surface area contributed by atoms with Gasteiger partial charge < -0.3 is 20.7 Å². The summed E-state index contributed by atoms with van der Waals surface area (Å²) in [5, 5.41) is 10.9. The zero-order chi connectivity index (χ0) is 24.4. The molecule has 0 saturated carbocycles. The van der Waals surface area contributed by atoms with E-state index < -0.39 is 23.4 Å². The summed E-state index contributed by atoms with van der Waals surface area (Å²) in [6.45, 7) is 1.98. The van der Waals surface area contributed by atoms with Crippen LogP contribution in [0.3, 0.4) is 0 Å². The van der Waals surface area contributed by atoms with Gasteiger partial charge in [-0.05, 0) is 67.1 Å². The van der Waals surface area contributed by atoms with Crippen molar-refractivity contribution in [3.05, 3.63) is 70.6 Å². The molecule has 3 N–H and O–H groups in total. The van der Waals surface area contributed by atoms with Gasteiger partial charge >= 0.3 is 0 Å². The average molecular weight is 501 g/mol. The first-order valence-corrected chi connectivity index (χ1v) is 12.2. The fourth-order valence-electron chi connectivity index (χ4n) is 4.76. The monoisotopic (exact) mass is 500 g/mol. The number of rotatable bonds is 6. The van der Waals surface area contributed by atoms with Crippen molar-refractivity contribution in [1.29, 1.82) is 0 Å². The number of aromatic nitrogens is 1. The number of carbonyl (C=O) groups excluding carboxylic acids is 1. The Kier molecular flexibility index (Phi) is 6.86. The van der Waals surface area contributed by atoms with Crippen molar-refractivity contribution in [2.75, 3.05) is 31.6 Å². The molecule has 2 aliphatic rings. The first-order chi connectivity index (χ1) is 16.9. The molecule has 2 aromatic carbocycles. The summed E-state index contributed by atoms with van der Waals surface area (Å²) in [4.78, 5) is 17.7. The second kappa shape index (κ2) is 10.0. The van der Waals surface area contributed by atoms with Crippen molar-refractivity contribution in [3.8, 4) is 0 Å². The first-order valence-electron chi connectivity index (χ1n) is 11.8. The molecule has 1 aromatic heterocycles. The van der Waals surface area contributed by atoms with Gasteiger partial charge in [-0.25, -0.2) is 13.8 Å². The van der Waals surface area contributed by atoms with Crippen LogP contribution in [-0.2, 0) is 4.74 Å². The SMILES string of the molecule is O=C(N[C@H](c1ccc(Cl)c(F)c1)[C@]1(F)CCNC1)c1ccc2cnc(NC3CCOCC3)cc2c1. The summed E-state index contributed by atoms with van der Waals surface area (Å²) in [6, 6.07) is 10.6. The lowest BCUT2D eigenvalue weighted by atomic mass is 9.88. The summed E-state index contributed by atoms with van der Waals surface area (Å²) in [5.41, 5.74) is -1.04. The Morgan fingerprint density at radius 1 is 1.17 bits per heavy atom. The van der Waals surface area contributed by atoms with Crippen LogP contribution in [0.25, 0.3) is 10.8 Å². The average Bonchev–Trinajstić information content (AvgIpc) is 3.31. The number of carbonyl (C=O) groups is 1. The summed E-state index contributed by atoms with van der Waals surface area (Å²) < 4.78 is 35.4. The van der Waals surface area contributed by atoms with Gasteiger partial charge in [0.05, 0.1) is 11.1 Å². The van der Waals surface area contributed by atoms with Crippen LogP contribution in [0.2, 0.25) is 5.02 Å². The number of fused-ring (bicyclic) bond motifs is 1. The van der Waals surface area contributed by atoms with Crippen LogP contribution in [0.5, 0.6) is 0 Å². The Bertz CT molecular complexity index is 1230. The zero-order valence-electron chi connectivity index (χ0n) is 19.1. The number of amides is 1. The molecule has 184 valence electrons. The predicted octanol–water partition coefficient (Wildman–Crippen LogP) is 4.79. The molecule has 3 aromatic rings. The van der Waals surface area contributed by atoms with Gasteiger partial charge in [-0.15, -0.1) is 0 Å². The lowest BCUT2D eigenvalue weighted by molar-refractivity contribution is 0.0812. The molecule has 0 unspecified atom stereocenters. The molecule has 2 saturated heterocycles. The molecule has 0 aliphatic carbocycles. The molecule has 2 atom stereocenters. The first kappa shape index (κ1) is 23.9. The third-order valence-electron chi connectivity index (χ3n) is 6.76. The maximum absolute atomic E-state index is 15.8. The molecular formula is C26H27ClF2N4O2. The molecule has 35 heavy (non-hydrogen) atoms. The standard InChI is InChI=1S/C26H27ClF2N4O2/c27-21-4-3-16(12-22(21)28)24(26(29)7-8-30-15-26)33-25(34)17-1-2-18-14-31-23(13-19(18)11-17)32-20-5-9-35-10-6-20/h1-4,11-14,20,24,30H,5-10,15H2,(H,31,32)(H,33,34)/t24-,26+/m1/s1. The van der Waals surface area contributed by atoms with Crippen LogP contribution in [0.4, 0.5) is 14.6 Å². The number of nitrogens with one attached hydrogen (secondary N) is 3. The van der Waals surface area contributed by atoms with Gasteiger partial charge in [0.15, 0.2) is 0 Å². The van der Waals surface area contributed by atoms with Crippen LogP contribution in [0.1, 0.15) is 41.2 Å². The van der Waals surface area contributed by atoms with E-state index in [0.29, 0.717) is 23.7 Å². The molecule has 0 bridgehead atoms. The van der Waals surface area contributed by atoms with Gasteiger partial charge in [0, 0.05) is 42.9 Å². The minimum Gasteiger partial charge on any atom is -0.381 e. The number of halogens is 3.